The maximum atomic E-state index is 14.0. The van der Waals surface area contributed by atoms with Gasteiger partial charge in [-0.25, -0.2) is 9.07 Å². The molecular formula is C31H23FN4O3. The molecule has 0 aliphatic rings. The third-order valence-electron chi connectivity index (χ3n) is 5.89. The summed E-state index contributed by atoms with van der Waals surface area (Å²) in [6, 6.07) is 28.6. The number of nitrogens with zero attached hydrogens (tertiary/aromatic N) is 3. The van der Waals surface area contributed by atoms with E-state index in [0.29, 0.717) is 33.9 Å². The van der Waals surface area contributed by atoms with E-state index in [0.717, 1.165) is 5.69 Å². The Balaban J connectivity index is 1.46. The Morgan fingerprint density at radius 3 is 2.64 bits per heavy atom. The monoisotopic (exact) mass is 518 g/mol. The van der Waals surface area contributed by atoms with Gasteiger partial charge in [-0.15, -0.1) is 0 Å². The molecule has 8 heteroatoms. The topological polar surface area (TPSA) is 93.1 Å². The Morgan fingerprint density at radius 1 is 1.05 bits per heavy atom. The summed E-state index contributed by atoms with van der Waals surface area (Å²) in [6.45, 7) is 0.220. The molecule has 2 heterocycles. The zero-order valence-corrected chi connectivity index (χ0v) is 20.8. The maximum absolute atomic E-state index is 14.0. The van der Waals surface area contributed by atoms with Gasteiger partial charge in [0.25, 0.3) is 5.91 Å². The SMILES string of the molecule is N#CC(=Cc1cn(-c2ccccc2)nc1-c1cccc(OCc2ccccc2F)c1)C(=O)NCc1ccco1. The normalized spacial score (nSPS) is 11.1. The van der Waals surface area contributed by atoms with Gasteiger partial charge < -0.3 is 14.5 Å². The van der Waals surface area contributed by atoms with Crippen LogP contribution >= 0.6 is 0 Å². The van der Waals surface area contributed by atoms with E-state index in [1.54, 1.807) is 53.3 Å². The smallest absolute Gasteiger partial charge is 0.262 e. The van der Waals surface area contributed by atoms with Crippen molar-refractivity contribution in [2.45, 2.75) is 13.2 Å². The van der Waals surface area contributed by atoms with E-state index >= 15 is 0 Å². The van der Waals surface area contributed by atoms with Crippen LogP contribution in [0.1, 0.15) is 16.9 Å². The average molecular weight is 519 g/mol. The van der Waals surface area contributed by atoms with Crippen LogP contribution in [0.4, 0.5) is 4.39 Å². The van der Waals surface area contributed by atoms with Crippen molar-refractivity contribution in [1.82, 2.24) is 15.1 Å². The zero-order valence-electron chi connectivity index (χ0n) is 20.8. The molecule has 5 aromatic rings. The van der Waals surface area contributed by atoms with Crippen LogP contribution in [0.3, 0.4) is 0 Å². The predicted octanol–water partition coefficient (Wildman–Crippen LogP) is 6.07. The zero-order chi connectivity index (χ0) is 27.0. The van der Waals surface area contributed by atoms with Crippen LogP contribution in [0.25, 0.3) is 23.0 Å². The number of nitrogens with one attached hydrogen (secondary N) is 1. The van der Waals surface area contributed by atoms with Crippen molar-refractivity contribution >= 4 is 12.0 Å². The van der Waals surface area contributed by atoms with Crippen LogP contribution < -0.4 is 10.1 Å². The average Bonchev–Trinajstić information content (AvgIpc) is 3.65. The van der Waals surface area contributed by atoms with Crippen molar-refractivity contribution < 1.29 is 18.3 Å². The first kappa shape index (κ1) is 25.2. The number of carbonyl (C=O) groups is 1. The van der Waals surface area contributed by atoms with Crippen LogP contribution in [0.5, 0.6) is 5.75 Å². The molecule has 0 spiro atoms. The molecule has 3 aromatic carbocycles. The summed E-state index contributed by atoms with van der Waals surface area (Å²) in [6.07, 6.45) is 4.78. The molecule has 1 amide bonds. The predicted molar refractivity (Wildman–Crippen MR) is 144 cm³/mol. The molecule has 0 bridgehead atoms. The summed E-state index contributed by atoms with van der Waals surface area (Å²) in [5.74, 6) is 0.230. The van der Waals surface area contributed by atoms with Crippen molar-refractivity contribution in [1.29, 1.82) is 5.26 Å². The van der Waals surface area contributed by atoms with E-state index in [-0.39, 0.29) is 24.5 Å². The lowest BCUT2D eigenvalue weighted by Crippen LogP contribution is -2.23. The fourth-order valence-electron chi connectivity index (χ4n) is 3.92. The van der Waals surface area contributed by atoms with Crippen LogP contribution in [-0.4, -0.2) is 15.7 Å². The first-order valence-corrected chi connectivity index (χ1v) is 12.1. The lowest BCUT2D eigenvalue weighted by atomic mass is 10.1. The van der Waals surface area contributed by atoms with Crippen molar-refractivity contribution in [2.75, 3.05) is 0 Å². The number of benzene rings is 3. The molecule has 0 atom stereocenters. The molecule has 39 heavy (non-hydrogen) atoms. The largest absolute Gasteiger partial charge is 0.489 e. The molecule has 0 saturated heterocycles. The van der Waals surface area contributed by atoms with Gasteiger partial charge in [0.2, 0.25) is 0 Å². The maximum Gasteiger partial charge on any atom is 0.262 e. The summed E-state index contributed by atoms with van der Waals surface area (Å²) in [4.78, 5) is 12.8. The fourth-order valence-corrected chi connectivity index (χ4v) is 3.92. The lowest BCUT2D eigenvalue weighted by molar-refractivity contribution is -0.117. The first-order valence-electron chi connectivity index (χ1n) is 12.1. The van der Waals surface area contributed by atoms with Gasteiger partial charge in [0.15, 0.2) is 0 Å². The minimum absolute atomic E-state index is 0.0652. The Morgan fingerprint density at radius 2 is 1.87 bits per heavy atom. The molecule has 5 rings (SSSR count). The van der Waals surface area contributed by atoms with Crippen LogP contribution in [-0.2, 0) is 17.9 Å². The number of carbonyl (C=O) groups excluding carboxylic acids is 1. The number of furan rings is 1. The Hall–Kier alpha value is -5.42. The van der Waals surface area contributed by atoms with Gasteiger partial charge in [-0.05, 0) is 48.5 Å². The Labute approximate surface area is 224 Å². The highest BCUT2D eigenvalue weighted by Crippen LogP contribution is 2.29. The number of nitriles is 1. The second-order valence-electron chi connectivity index (χ2n) is 8.55. The van der Waals surface area contributed by atoms with Gasteiger partial charge >= 0.3 is 0 Å². The standard InChI is InChI=1S/C31H23FN4O3/c32-29-14-5-4-8-23(29)21-39-27-12-6-9-22(17-27)30-25(20-36(35-30)26-10-2-1-3-11-26)16-24(18-33)31(37)34-19-28-13-7-15-38-28/h1-17,20H,19,21H2,(H,34,37). The van der Waals surface area contributed by atoms with E-state index in [9.17, 15) is 14.4 Å². The number of ether oxygens (including phenoxy) is 1. The highest BCUT2D eigenvalue weighted by molar-refractivity contribution is 6.02. The molecule has 7 nitrogen and oxygen atoms in total. The van der Waals surface area contributed by atoms with E-state index in [2.05, 4.69) is 5.32 Å². The quantitative estimate of drug-likeness (QED) is 0.189. The van der Waals surface area contributed by atoms with Crippen molar-refractivity contribution in [3.63, 3.8) is 0 Å². The molecule has 0 unspecified atom stereocenters. The molecule has 192 valence electrons. The van der Waals surface area contributed by atoms with E-state index in [1.807, 2.05) is 48.5 Å². The summed E-state index contributed by atoms with van der Waals surface area (Å²) < 4.78 is 26.8. The van der Waals surface area contributed by atoms with E-state index in [1.165, 1.54) is 18.4 Å². The number of rotatable bonds is 9. The second-order valence-corrected chi connectivity index (χ2v) is 8.55. The van der Waals surface area contributed by atoms with Gasteiger partial charge in [0.05, 0.1) is 18.5 Å². The minimum Gasteiger partial charge on any atom is -0.489 e. The highest BCUT2D eigenvalue weighted by atomic mass is 19.1. The molecule has 0 aliphatic heterocycles. The van der Waals surface area contributed by atoms with Gasteiger partial charge in [0.1, 0.15) is 41.3 Å². The van der Waals surface area contributed by atoms with E-state index < -0.39 is 5.91 Å². The lowest BCUT2D eigenvalue weighted by Gasteiger charge is -2.09. The van der Waals surface area contributed by atoms with Crippen molar-refractivity contribution in [3.8, 4) is 28.8 Å². The Bertz CT molecular complexity index is 1650. The molecule has 0 radical (unpaired) electrons. The number of aromatic nitrogens is 2. The minimum atomic E-state index is -0.533. The van der Waals surface area contributed by atoms with Gasteiger partial charge in [0, 0.05) is 22.9 Å². The van der Waals surface area contributed by atoms with Gasteiger partial charge in [-0.2, -0.15) is 10.4 Å². The summed E-state index contributed by atoms with van der Waals surface area (Å²) in [7, 11) is 0. The molecule has 0 aliphatic carbocycles. The van der Waals surface area contributed by atoms with Crippen LogP contribution in [0, 0.1) is 17.1 Å². The second kappa shape index (κ2) is 11.8. The number of hydrogen-bond donors (Lipinski definition) is 1. The fraction of sp³-hybridized carbons (Fsp3) is 0.0645. The van der Waals surface area contributed by atoms with Gasteiger partial charge in [-0.1, -0.05) is 48.5 Å². The van der Waals surface area contributed by atoms with Crippen LogP contribution in [0.15, 0.2) is 113 Å². The number of amides is 1. The molecule has 1 N–H and O–H groups in total. The van der Waals surface area contributed by atoms with Crippen LogP contribution in [0.2, 0.25) is 0 Å². The molecular weight excluding hydrogens is 495 g/mol. The first-order chi connectivity index (χ1) is 19.1. The molecule has 0 saturated carbocycles. The van der Waals surface area contributed by atoms with Gasteiger partial charge in [-0.3, -0.25) is 4.79 Å². The third-order valence-corrected chi connectivity index (χ3v) is 5.89. The van der Waals surface area contributed by atoms with E-state index in [4.69, 9.17) is 14.3 Å². The summed E-state index contributed by atoms with van der Waals surface area (Å²) in [5, 5.41) is 17.2. The molecule has 0 fully saturated rings. The third kappa shape index (κ3) is 6.12. The Kier molecular flexibility index (Phi) is 7.61. The summed E-state index contributed by atoms with van der Waals surface area (Å²) in [5.41, 5.74) is 2.99. The van der Waals surface area contributed by atoms with Crippen molar-refractivity contribution in [2.24, 2.45) is 0 Å². The summed E-state index contributed by atoms with van der Waals surface area (Å²) >= 11 is 0. The number of halogens is 1. The molecule has 2 aromatic heterocycles. The number of para-hydroxylation sites is 1. The number of hydrogen-bond acceptors (Lipinski definition) is 5. The highest BCUT2D eigenvalue weighted by Gasteiger charge is 2.16. The van der Waals surface area contributed by atoms with Crippen molar-refractivity contribution in [3.05, 3.63) is 132 Å².